The van der Waals surface area contributed by atoms with Gasteiger partial charge in [-0.25, -0.2) is 24.3 Å². The Bertz CT molecular complexity index is 217. The summed E-state index contributed by atoms with van der Waals surface area (Å²) in [6.45, 7) is 5.65. The first-order valence-corrected chi connectivity index (χ1v) is 8.61. The first-order chi connectivity index (χ1) is 7.00. The third-order valence-corrected chi connectivity index (χ3v) is 1.17. The Labute approximate surface area is 128 Å². The number of rotatable bonds is 0. The second kappa shape index (κ2) is 14.2. The molecule has 2 rings (SSSR count). The fourth-order valence-corrected chi connectivity index (χ4v) is 0.680. The Morgan fingerprint density at radius 3 is 1.29 bits per heavy atom. The largest absolute Gasteiger partial charge is 3.00 e. The maximum absolute atomic E-state index is 8.66. The molecule has 0 saturated carbocycles. The van der Waals surface area contributed by atoms with Crippen molar-refractivity contribution in [3.05, 3.63) is 48.6 Å². The van der Waals surface area contributed by atoms with Gasteiger partial charge in [0.25, 0.3) is 0 Å². The smallest absolute Gasteiger partial charge is 1.00 e. The molecule has 93 valence electrons. The summed E-state index contributed by atoms with van der Waals surface area (Å²) < 4.78 is 0. The van der Waals surface area contributed by atoms with Crippen LogP contribution in [0, 0.1) is 12.2 Å². The third kappa shape index (κ3) is 31.4. The minimum Gasteiger partial charge on any atom is -1.00 e. The van der Waals surface area contributed by atoms with Crippen molar-refractivity contribution in [3.8, 4) is 0 Å². The van der Waals surface area contributed by atoms with Crippen molar-refractivity contribution < 1.29 is 38.9 Å². The van der Waals surface area contributed by atoms with Crippen LogP contribution in [0.3, 0.4) is 0 Å². The molecule has 0 aromatic carbocycles. The van der Waals surface area contributed by atoms with Crippen molar-refractivity contribution in [2.24, 2.45) is 0 Å². The maximum Gasteiger partial charge on any atom is 3.00 e. The standard InChI is InChI=1S/2C5H5.C3H10OSi.ClH.Ti/c2*1-2-4-5-3-1;1-5(2,3)4;;/h2*1-3H,4H2;4H,1-3H3;1H;/q2*-1;;;+3/p-1. The summed E-state index contributed by atoms with van der Waals surface area (Å²) >= 11 is 0. The first-order valence-electron chi connectivity index (χ1n) is 5.16. The molecule has 0 saturated heterocycles. The summed E-state index contributed by atoms with van der Waals surface area (Å²) in [6.07, 6.45) is 20.0. The zero-order valence-corrected chi connectivity index (χ0v) is 14.0. The molecular weight excluding hydrogens is 284 g/mol. The van der Waals surface area contributed by atoms with Crippen molar-refractivity contribution in [2.75, 3.05) is 0 Å². The molecule has 1 radical (unpaired) electrons. The fraction of sp³-hybridized carbons (Fsp3) is 0.385. The van der Waals surface area contributed by atoms with Gasteiger partial charge in [-0.2, -0.15) is 12.2 Å². The molecule has 0 aliphatic heterocycles. The number of hydrogen-bond donors (Lipinski definition) is 1. The predicted molar refractivity (Wildman–Crippen MR) is 68.7 cm³/mol. The molecule has 17 heavy (non-hydrogen) atoms. The molecule has 0 atom stereocenters. The average Bonchev–Trinajstić information content (AvgIpc) is 2.81. The SMILES string of the molecule is C[Si](C)(C)O.[C-]1=CC=CC1.[C-]1=CC=CC1.[Cl-].[Ti+3]. The summed E-state index contributed by atoms with van der Waals surface area (Å²) in [4.78, 5) is 8.66. The van der Waals surface area contributed by atoms with E-state index in [1.807, 2.05) is 43.9 Å². The van der Waals surface area contributed by atoms with Crippen molar-refractivity contribution in [3.63, 3.8) is 0 Å². The molecule has 0 heterocycles. The van der Waals surface area contributed by atoms with Gasteiger partial charge in [0.15, 0.2) is 8.32 Å². The van der Waals surface area contributed by atoms with Crippen LogP contribution in [0.1, 0.15) is 12.8 Å². The Hall–Kier alpha value is 0.141. The van der Waals surface area contributed by atoms with Gasteiger partial charge in [0.05, 0.1) is 0 Å². The normalized spacial score (nSPS) is 13.9. The van der Waals surface area contributed by atoms with E-state index in [1.54, 1.807) is 0 Å². The van der Waals surface area contributed by atoms with Crippen molar-refractivity contribution in [1.29, 1.82) is 0 Å². The molecule has 2 aliphatic rings. The van der Waals surface area contributed by atoms with Crippen LogP contribution in [-0.2, 0) is 21.7 Å². The minimum absolute atomic E-state index is 0. The predicted octanol–water partition coefficient (Wildman–Crippen LogP) is 0.426. The molecule has 0 aromatic heterocycles. The van der Waals surface area contributed by atoms with Crippen LogP contribution in [0.2, 0.25) is 19.6 Å². The van der Waals surface area contributed by atoms with Gasteiger partial charge >= 0.3 is 21.7 Å². The van der Waals surface area contributed by atoms with Crippen LogP contribution in [0.15, 0.2) is 36.5 Å². The summed E-state index contributed by atoms with van der Waals surface area (Å²) in [6, 6.07) is 0. The second-order valence-corrected chi connectivity index (χ2v) is 8.52. The number of halogens is 1. The van der Waals surface area contributed by atoms with Crippen molar-refractivity contribution >= 4 is 8.32 Å². The van der Waals surface area contributed by atoms with E-state index in [4.69, 9.17) is 4.80 Å². The zero-order valence-electron chi connectivity index (χ0n) is 10.7. The van der Waals surface area contributed by atoms with Gasteiger partial charge in [0.2, 0.25) is 0 Å². The van der Waals surface area contributed by atoms with Gasteiger partial charge in [-0.15, -0.1) is 12.8 Å². The average molecular weight is 304 g/mol. The molecule has 2 aliphatic carbocycles. The second-order valence-electron chi connectivity index (χ2n) is 4.18. The van der Waals surface area contributed by atoms with Crippen molar-refractivity contribution in [2.45, 2.75) is 32.5 Å². The number of hydrogen-bond acceptors (Lipinski definition) is 1. The van der Waals surface area contributed by atoms with Gasteiger partial charge in [0, 0.05) is 0 Å². The topological polar surface area (TPSA) is 20.2 Å². The van der Waals surface area contributed by atoms with E-state index in [0.717, 1.165) is 12.8 Å². The third-order valence-electron chi connectivity index (χ3n) is 1.17. The molecule has 1 nitrogen and oxygen atoms in total. The minimum atomic E-state index is -1.61. The summed E-state index contributed by atoms with van der Waals surface area (Å²) in [5.41, 5.74) is 0. The summed E-state index contributed by atoms with van der Waals surface area (Å²) in [5, 5.41) is 0. The molecule has 0 bridgehead atoms. The van der Waals surface area contributed by atoms with E-state index in [2.05, 4.69) is 24.3 Å². The van der Waals surface area contributed by atoms with E-state index < -0.39 is 8.32 Å². The van der Waals surface area contributed by atoms with Crippen LogP contribution in [0.25, 0.3) is 0 Å². The molecule has 0 fully saturated rings. The molecule has 0 amide bonds. The summed E-state index contributed by atoms with van der Waals surface area (Å²) in [5.74, 6) is 0. The Balaban J connectivity index is -0.000000163. The van der Waals surface area contributed by atoms with Gasteiger partial charge < -0.3 is 17.2 Å². The fourth-order valence-electron chi connectivity index (χ4n) is 0.680. The van der Waals surface area contributed by atoms with Gasteiger partial charge in [-0.1, -0.05) is 0 Å². The first kappa shape index (κ1) is 22.3. The monoisotopic (exact) mass is 303 g/mol. The van der Waals surface area contributed by atoms with E-state index >= 15 is 0 Å². The van der Waals surface area contributed by atoms with Crippen LogP contribution in [0.5, 0.6) is 0 Å². The quantitative estimate of drug-likeness (QED) is 0.508. The van der Waals surface area contributed by atoms with Gasteiger partial charge in [-0.3, -0.25) is 12.2 Å². The molecule has 0 aromatic rings. The molecule has 0 spiro atoms. The summed E-state index contributed by atoms with van der Waals surface area (Å²) in [7, 11) is -1.61. The van der Waals surface area contributed by atoms with Crippen LogP contribution in [-0.4, -0.2) is 13.1 Å². The van der Waals surface area contributed by atoms with Gasteiger partial charge in [0.1, 0.15) is 0 Å². The van der Waals surface area contributed by atoms with Crippen LogP contribution in [0.4, 0.5) is 0 Å². The van der Waals surface area contributed by atoms with E-state index in [1.165, 1.54) is 0 Å². The maximum atomic E-state index is 8.66. The Morgan fingerprint density at radius 2 is 1.24 bits per heavy atom. The zero-order chi connectivity index (χ0) is 11.6. The van der Waals surface area contributed by atoms with E-state index in [0.29, 0.717) is 0 Å². The van der Waals surface area contributed by atoms with E-state index in [9.17, 15) is 0 Å². The molecular formula is C13H20ClOSiTi. The van der Waals surface area contributed by atoms with Gasteiger partial charge in [-0.05, 0) is 19.6 Å². The van der Waals surface area contributed by atoms with Crippen molar-refractivity contribution in [1.82, 2.24) is 0 Å². The Morgan fingerprint density at radius 1 is 0.941 bits per heavy atom. The van der Waals surface area contributed by atoms with Crippen LogP contribution < -0.4 is 12.4 Å². The van der Waals surface area contributed by atoms with E-state index in [-0.39, 0.29) is 34.1 Å². The molecule has 0 unspecified atom stereocenters. The molecule has 4 heteroatoms. The molecule has 1 N–H and O–H groups in total. The Kier molecular flexibility index (Phi) is 18.7. The van der Waals surface area contributed by atoms with Crippen LogP contribution >= 0.6 is 0 Å². The number of allylic oxidation sites excluding steroid dienone is 8.